The number of amides is 1. The average molecular weight is 406 g/mol. The normalized spacial score (nSPS) is 11.7. The molecule has 1 atom stereocenters. The number of halogens is 1. The average Bonchev–Trinajstić information content (AvgIpc) is 2.65. The Morgan fingerprint density at radius 1 is 1.16 bits per heavy atom. The highest BCUT2D eigenvalue weighted by molar-refractivity contribution is 9.10. The van der Waals surface area contributed by atoms with Gasteiger partial charge in [0.25, 0.3) is 5.91 Å². The van der Waals surface area contributed by atoms with Crippen LogP contribution in [0.3, 0.4) is 0 Å². The lowest BCUT2D eigenvalue weighted by Gasteiger charge is -2.18. The van der Waals surface area contributed by atoms with E-state index in [0.29, 0.717) is 5.75 Å². The summed E-state index contributed by atoms with van der Waals surface area (Å²) in [7, 11) is 1.64. The number of carbonyl (C=O) groups excluding carboxylic acids is 1. The largest absolute Gasteiger partial charge is 0.497 e. The number of benzene rings is 2. The van der Waals surface area contributed by atoms with Gasteiger partial charge in [0.2, 0.25) is 0 Å². The van der Waals surface area contributed by atoms with Gasteiger partial charge in [0.15, 0.2) is 6.61 Å². The fourth-order valence-corrected chi connectivity index (χ4v) is 3.06. The Labute approximate surface area is 157 Å². The second-order valence-electron chi connectivity index (χ2n) is 5.71. The van der Waals surface area contributed by atoms with Crippen molar-refractivity contribution in [1.29, 1.82) is 0 Å². The standard InChI is InChI=1S/C20H24BrNO3/c1-4-14-6-11-19(17(21)12-14)25-13-20(23)22-18(5-2)15-7-9-16(24-3)10-8-15/h6-12,18H,4-5,13H2,1-3H3,(H,22,23)/t18-/m1/s1. The number of aryl methyl sites for hydroxylation is 1. The molecule has 0 fully saturated rings. The molecule has 0 aliphatic rings. The third-order valence-corrected chi connectivity index (χ3v) is 4.64. The van der Waals surface area contributed by atoms with E-state index in [1.807, 2.05) is 49.4 Å². The quantitative estimate of drug-likeness (QED) is 0.693. The first-order valence-corrected chi connectivity index (χ1v) is 9.21. The molecule has 5 heteroatoms. The van der Waals surface area contributed by atoms with E-state index >= 15 is 0 Å². The Kier molecular flexibility index (Phi) is 7.31. The molecule has 2 rings (SSSR count). The third kappa shape index (κ3) is 5.49. The van der Waals surface area contributed by atoms with Gasteiger partial charge in [-0.1, -0.05) is 32.0 Å². The number of ether oxygens (including phenoxy) is 2. The highest BCUT2D eigenvalue weighted by atomic mass is 79.9. The van der Waals surface area contributed by atoms with E-state index in [9.17, 15) is 4.79 Å². The van der Waals surface area contributed by atoms with Gasteiger partial charge < -0.3 is 14.8 Å². The second kappa shape index (κ2) is 9.47. The lowest BCUT2D eigenvalue weighted by molar-refractivity contribution is -0.123. The Morgan fingerprint density at radius 3 is 2.44 bits per heavy atom. The first kappa shape index (κ1) is 19.3. The number of methoxy groups -OCH3 is 1. The van der Waals surface area contributed by atoms with E-state index in [0.717, 1.165) is 28.6 Å². The van der Waals surface area contributed by atoms with E-state index in [4.69, 9.17) is 9.47 Å². The van der Waals surface area contributed by atoms with Crippen LogP contribution >= 0.6 is 15.9 Å². The van der Waals surface area contributed by atoms with E-state index in [-0.39, 0.29) is 18.6 Å². The van der Waals surface area contributed by atoms with Crippen LogP contribution in [0.4, 0.5) is 0 Å². The highest BCUT2D eigenvalue weighted by Crippen LogP contribution is 2.26. The minimum Gasteiger partial charge on any atom is -0.497 e. The molecule has 0 bridgehead atoms. The predicted octanol–water partition coefficient (Wildman–Crippen LogP) is 4.67. The molecule has 1 N–H and O–H groups in total. The van der Waals surface area contributed by atoms with Gasteiger partial charge in [-0.25, -0.2) is 0 Å². The summed E-state index contributed by atoms with van der Waals surface area (Å²) in [5, 5.41) is 3.01. The Hall–Kier alpha value is -2.01. The van der Waals surface area contributed by atoms with Crippen LogP contribution in [0.25, 0.3) is 0 Å². The van der Waals surface area contributed by atoms with Gasteiger partial charge in [-0.05, 0) is 64.2 Å². The molecular formula is C20H24BrNO3. The van der Waals surface area contributed by atoms with Crippen LogP contribution in [-0.4, -0.2) is 19.6 Å². The third-order valence-electron chi connectivity index (χ3n) is 4.02. The number of carbonyl (C=O) groups is 1. The van der Waals surface area contributed by atoms with Crippen molar-refractivity contribution < 1.29 is 14.3 Å². The second-order valence-corrected chi connectivity index (χ2v) is 6.56. The van der Waals surface area contributed by atoms with Gasteiger partial charge in [-0.15, -0.1) is 0 Å². The van der Waals surface area contributed by atoms with Crippen molar-refractivity contribution in [3.63, 3.8) is 0 Å². The number of hydrogen-bond acceptors (Lipinski definition) is 3. The van der Waals surface area contributed by atoms with Crippen molar-refractivity contribution in [3.05, 3.63) is 58.1 Å². The molecule has 0 aliphatic carbocycles. The van der Waals surface area contributed by atoms with Crippen LogP contribution in [-0.2, 0) is 11.2 Å². The summed E-state index contributed by atoms with van der Waals surface area (Å²) in [6.07, 6.45) is 1.76. The zero-order chi connectivity index (χ0) is 18.2. The molecule has 134 valence electrons. The molecule has 0 radical (unpaired) electrons. The molecule has 2 aromatic carbocycles. The van der Waals surface area contributed by atoms with Crippen LogP contribution in [0.5, 0.6) is 11.5 Å². The van der Waals surface area contributed by atoms with Gasteiger partial charge in [0.05, 0.1) is 17.6 Å². The van der Waals surface area contributed by atoms with Gasteiger partial charge in [-0.2, -0.15) is 0 Å². The van der Waals surface area contributed by atoms with Crippen molar-refractivity contribution in [2.45, 2.75) is 32.7 Å². The molecule has 1 amide bonds. The SMILES string of the molecule is CCc1ccc(OCC(=O)N[C@H](CC)c2ccc(OC)cc2)c(Br)c1. The van der Waals surface area contributed by atoms with Crippen molar-refractivity contribution in [3.8, 4) is 11.5 Å². The summed E-state index contributed by atoms with van der Waals surface area (Å²) in [5.74, 6) is 1.33. The summed E-state index contributed by atoms with van der Waals surface area (Å²) in [6, 6.07) is 13.6. The summed E-state index contributed by atoms with van der Waals surface area (Å²) in [4.78, 5) is 12.2. The fraction of sp³-hybridized carbons (Fsp3) is 0.350. The monoisotopic (exact) mass is 405 g/mol. The molecule has 2 aromatic rings. The zero-order valence-electron chi connectivity index (χ0n) is 14.8. The summed E-state index contributed by atoms with van der Waals surface area (Å²) < 4.78 is 11.7. The number of nitrogens with one attached hydrogen (secondary N) is 1. The molecule has 0 spiro atoms. The Balaban J connectivity index is 1.93. The highest BCUT2D eigenvalue weighted by Gasteiger charge is 2.14. The molecule has 4 nitrogen and oxygen atoms in total. The van der Waals surface area contributed by atoms with E-state index in [2.05, 4.69) is 28.2 Å². The van der Waals surface area contributed by atoms with Crippen LogP contribution in [0.2, 0.25) is 0 Å². The zero-order valence-corrected chi connectivity index (χ0v) is 16.4. The molecule has 0 aromatic heterocycles. The summed E-state index contributed by atoms with van der Waals surface area (Å²) in [6.45, 7) is 4.12. The molecule has 0 saturated heterocycles. The van der Waals surface area contributed by atoms with Gasteiger partial charge in [-0.3, -0.25) is 4.79 Å². The first-order valence-electron chi connectivity index (χ1n) is 8.41. The lowest BCUT2D eigenvalue weighted by atomic mass is 10.0. The van der Waals surface area contributed by atoms with Gasteiger partial charge in [0.1, 0.15) is 11.5 Å². The van der Waals surface area contributed by atoms with Crippen LogP contribution in [0.1, 0.15) is 37.4 Å². The Bertz CT molecular complexity index is 701. The van der Waals surface area contributed by atoms with Crippen LogP contribution < -0.4 is 14.8 Å². The first-order chi connectivity index (χ1) is 12.1. The van der Waals surface area contributed by atoms with Crippen LogP contribution in [0.15, 0.2) is 46.9 Å². The van der Waals surface area contributed by atoms with Gasteiger partial charge in [0, 0.05) is 0 Å². The Morgan fingerprint density at radius 2 is 1.88 bits per heavy atom. The molecule has 0 saturated carbocycles. The van der Waals surface area contributed by atoms with E-state index in [1.165, 1.54) is 5.56 Å². The summed E-state index contributed by atoms with van der Waals surface area (Å²) in [5.41, 5.74) is 2.26. The minimum absolute atomic E-state index is 0.0171. The molecule has 0 heterocycles. The molecule has 0 aliphatic heterocycles. The summed E-state index contributed by atoms with van der Waals surface area (Å²) >= 11 is 3.48. The maximum atomic E-state index is 12.2. The van der Waals surface area contributed by atoms with Crippen molar-refractivity contribution in [2.24, 2.45) is 0 Å². The maximum absolute atomic E-state index is 12.2. The van der Waals surface area contributed by atoms with Gasteiger partial charge >= 0.3 is 0 Å². The number of hydrogen-bond donors (Lipinski definition) is 1. The fourth-order valence-electron chi connectivity index (χ4n) is 2.52. The smallest absolute Gasteiger partial charge is 0.258 e. The molecular weight excluding hydrogens is 382 g/mol. The lowest BCUT2D eigenvalue weighted by Crippen LogP contribution is -2.32. The van der Waals surface area contributed by atoms with E-state index < -0.39 is 0 Å². The van der Waals surface area contributed by atoms with E-state index in [1.54, 1.807) is 7.11 Å². The minimum atomic E-state index is -0.144. The van der Waals surface area contributed by atoms with Crippen LogP contribution in [0, 0.1) is 0 Å². The molecule has 25 heavy (non-hydrogen) atoms. The molecule has 0 unspecified atom stereocenters. The number of rotatable bonds is 8. The predicted molar refractivity (Wildman–Crippen MR) is 103 cm³/mol. The van der Waals surface area contributed by atoms with Crippen molar-refractivity contribution >= 4 is 21.8 Å². The topological polar surface area (TPSA) is 47.6 Å². The van der Waals surface area contributed by atoms with Crippen molar-refractivity contribution in [1.82, 2.24) is 5.32 Å². The van der Waals surface area contributed by atoms with Crippen molar-refractivity contribution in [2.75, 3.05) is 13.7 Å². The maximum Gasteiger partial charge on any atom is 0.258 e.